The molecule has 1 heterocycles. The molecule has 3 rings (SSSR count). The van der Waals surface area contributed by atoms with E-state index in [0.29, 0.717) is 0 Å². The third-order valence-electron chi connectivity index (χ3n) is 4.79. The average molecular weight is 336 g/mol. The summed E-state index contributed by atoms with van der Waals surface area (Å²) in [6.45, 7) is 6.50. The van der Waals surface area contributed by atoms with Crippen molar-refractivity contribution in [3.05, 3.63) is 71.3 Å². The first-order chi connectivity index (χ1) is 12.3. The van der Waals surface area contributed by atoms with Crippen molar-refractivity contribution in [1.82, 2.24) is 5.32 Å². The van der Waals surface area contributed by atoms with Gasteiger partial charge in [-0.1, -0.05) is 37.3 Å². The van der Waals surface area contributed by atoms with Gasteiger partial charge in [-0.05, 0) is 48.2 Å². The monoisotopic (exact) mass is 336 g/mol. The number of hydrogen-bond acceptors (Lipinski definition) is 3. The number of ether oxygens (including phenoxy) is 1. The van der Waals surface area contributed by atoms with E-state index in [9.17, 15) is 0 Å². The van der Waals surface area contributed by atoms with E-state index in [2.05, 4.69) is 65.7 Å². The van der Waals surface area contributed by atoms with Crippen LogP contribution >= 0.6 is 0 Å². The summed E-state index contributed by atoms with van der Waals surface area (Å²) in [5.74, 6) is 0.949. The van der Waals surface area contributed by atoms with Crippen LogP contribution < -0.4 is 10.2 Å². The normalized spacial score (nSPS) is 15.3. The van der Waals surface area contributed by atoms with Crippen molar-refractivity contribution in [2.45, 2.75) is 19.8 Å². The zero-order valence-corrected chi connectivity index (χ0v) is 15.3. The van der Waals surface area contributed by atoms with Crippen LogP contribution in [0.1, 0.15) is 23.6 Å². The molecule has 0 unspecified atom stereocenters. The predicted octanol–water partition coefficient (Wildman–Crippen LogP) is 3.89. The van der Waals surface area contributed by atoms with Gasteiger partial charge < -0.3 is 15.0 Å². The maximum Gasteiger partial charge on any atom is 0.122 e. The van der Waals surface area contributed by atoms with Gasteiger partial charge in [0.05, 0.1) is 7.11 Å². The molecule has 1 fully saturated rings. The van der Waals surface area contributed by atoms with E-state index in [1.165, 1.54) is 16.8 Å². The first kappa shape index (κ1) is 17.6. The number of methoxy groups -OCH3 is 1. The van der Waals surface area contributed by atoms with Gasteiger partial charge in [-0.25, -0.2) is 0 Å². The van der Waals surface area contributed by atoms with Gasteiger partial charge in [0, 0.05) is 37.4 Å². The lowest BCUT2D eigenvalue weighted by atomic mass is 10.0. The van der Waals surface area contributed by atoms with Crippen molar-refractivity contribution in [2.24, 2.45) is 0 Å². The van der Waals surface area contributed by atoms with Crippen LogP contribution in [-0.4, -0.2) is 33.3 Å². The summed E-state index contributed by atoms with van der Waals surface area (Å²) in [5.41, 5.74) is 5.22. The Labute approximate surface area is 151 Å². The number of nitrogens with one attached hydrogen (secondary N) is 1. The highest BCUT2D eigenvalue weighted by Crippen LogP contribution is 2.27. The molecule has 2 aromatic carbocycles. The lowest BCUT2D eigenvalue weighted by molar-refractivity contribution is 0.369. The molecule has 0 spiro atoms. The molecule has 1 aliphatic rings. The molecule has 3 heteroatoms. The number of anilines is 1. The maximum absolute atomic E-state index is 5.68. The maximum atomic E-state index is 5.68. The molecule has 3 nitrogen and oxygen atoms in total. The Morgan fingerprint density at radius 1 is 1.12 bits per heavy atom. The first-order valence-corrected chi connectivity index (χ1v) is 9.19. The standard InChI is InChI=1S/C22H28N2O/c1-3-19-17-20(10-11-21(19)24-15-13-23-14-16-24)22(25-2)12-9-18-7-5-4-6-8-18/h4-8,10-12,17,23H,3,9,13-16H2,1-2H3/b22-12-. The van der Waals surface area contributed by atoms with Crippen LogP contribution in [0.2, 0.25) is 0 Å². The third-order valence-corrected chi connectivity index (χ3v) is 4.79. The van der Waals surface area contributed by atoms with Crippen LogP contribution in [-0.2, 0) is 17.6 Å². The van der Waals surface area contributed by atoms with Gasteiger partial charge in [0.1, 0.15) is 5.76 Å². The van der Waals surface area contributed by atoms with Crippen molar-refractivity contribution in [2.75, 3.05) is 38.2 Å². The first-order valence-electron chi connectivity index (χ1n) is 9.19. The molecule has 0 aliphatic carbocycles. The number of hydrogen-bond donors (Lipinski definition) is 1. The van der Waals surface area contributed by atoms with Gasteiger partial charge >= 0.3 is 0 Å². The molecule has 0 amide bonds. The molecular formula is C22H28N2O. The molecule has 0 atom stereocenters. The quantitative estimate of drug-likeness (QED) is 0.810. The van der Waals surface area contributed by atoms with Crippen LogP contribution in [0.5, 0.6) is 0 Å². The molecule has 0 saturated carbocycles. The minimum atomic E-state index is 0.880. The van der Waals surface area contributed by atoms with Gasteiger partial charge in [0.25, 0.3) is 0 Å². The van der Waals surface area contributed by atoms with E-state index in [1.54, 1.807) is 7.11 Å². The van der Waals surface area contributed by atoms with Crippen LogP contribution in [0, 0.1) is 0 Å². The van der Waals surface area contributed by atoms with E-state index >= 15 is 0 Å². The van der Waals surface area contributed by atoms with Gasteiger partial charge in [-0.3, -0.25) is 0 Å². The van der Waals surface area contributed by atoms with Crippen LogP contribution in [0.4, 0.5) is 5.69 Å². The Morgan fingerprint density at radius 3 is 2.56 bits per heavy atom. The molecule has 132 valence electrons. The highest BCUT2D eigenvalue weighted by molar-refractivity contribution is 5.66. The Hall–Kier alpha value is -2.26. The fourth-order valence-corrected chi connectivity index (χ4v) is 3.38. The zero-order chi connectivity index (χ0) is 17.5. The van der Waals surface area contributed by atoms with Crippen molar-refractivity contribution >= 4 is 11.4 Å². The van der Waals surface area contributed by atoms with E-state index in [1.807, 2.05) is 6.07 Å². The molecule has 0 bridgehead atoms. The van der Waals surface area contributed by atoms with Crippen LogP contribution in [0.25, 0.3) is 5.76 Å². The topological polar surface area (TPSA) is 24.5 Å². The number of piperazine rings is 1. The van der Waals surface area contributed by atoms with Crippen molar-refractivity contribution < 1.29 is 4.74 Å². The Balaban J connectivity index is 1.82. The fraction of sp³-hybridized carbons (Fsp3) is 0.364. The molecule has 25 heavy (non-hydrogen) atoms. The smallest absolute Gasteiger partial charge is 0.122 e. The highest BCUT2D eigenvalue weighted by Gasteiger charge is 2.14. The number of nitrogens with zero attached hydrogens (tertiary/aromatic N) is 1. The number of allylic oxidation sites excluding steroid dienone is 1. The molecular weight excluding hydrogens is 308 g/mol. The third kappa shape index (κ3) is 4.43. The average Bonchev–Trinajstić information content (AvgIpc) is 2.69. The van der Waals surface area contributed by atoms with Gasteiger partial charge in [-0.2, -0.15) is 0 Å². The van der Waals surface area contributed by atoms with Crippen LogP contribution in [0.3, 0.4) is 0 Å². The summed E-state index contributed by atoms with van der Waals surface area (Å²) >= 11 is 0. The minimum absolute atomic E-state index is 0.880. The second-order valence-corrected chi connectivity index (χ2v) is 6.40. The largest absolute Gasteiger partial charge is 0.496 e. The summed E-state index contributed by atoms with van der Waals surface area (Å²) in [6.07, 6.45) is 4.09. The Bertz CT molecular complexity index is 703. The summed E-state index contributed by atoms with van der Waals surface area (Å²) in [4.78, 5) is 2.49. The van der Waals surface area contributed by atoms with Gasteiger partial charge in [0.15, 0.2) is 0 Å². The van der Waals surface area contributed by atoms with Crippen LogP contribution in [0.15, 0.2) is 54.6 Å². The summed E-state index contributed by atoms with van der Waals surface area (Å²) in [7, 11) is 1.76. The molecule has 0 aromatic heterocycles. The van der Waals surface area contributed by atoms with Crippen molar-refractivity contribution in [1.29, 1.82) is 0 Å². The summed E-state index contributed by atoms with van der Waals surface area (Å²) in [5, 5.41) is 3.42. The molecule has 1 saturated heterocycles. The SMILES string of the molecule is CCc1cc(/C(=C/Cc2ccccc2)OC)ccc1N1CCNCC1. The highest BCUT2D eigenvalue weighted by atomic mass is 16.5. The lowest BCUT2D eigenvalue weighted by Crippen LogP contribution is -2.43. The van der Waals surface area contributed by atoms with Crippen molar-refractivity contribution in [3.8, 4) is 0 Å². The number of aryl methyl sites for hydroxylation is 1. The number of benzene rings is 2. The van der Waals surface area contributed by atoms with Gasteiger partial charge in [0.2, 0.25) is 0 Å². The van der Waals surface area contributed by atoms with E-state index in [4.69, 9.17) is 4.74 Å². The molecule has 2 aromatic rings. The second kappa shape index (κ2) is 8.72. The van der Waals surface area contributed by atoms with E-state index < -0.39 is 0 Å². The number of rotatable bonds is 6. The lowest BCUT2D eigenvalue weighted by Gasteiger charge is -2.31. The predicted molar refractivity (Wildman–Crippen MR) is 106 cm³/mol. The fourth-order valence-electron chi connectivity index (χ4n) is 3.38. The Kier molecular flexibility index (Phi) is 6.13. The van der Waals surface area contributed by atoms with Crippen molar-refractivity contribution in [3.63, 3.8) is 0 Å². The molecule has 1 aliphatic heterocycles. The minimum Gasteiger partial charge on any atom is -0.496 e. The molecule has 0 radical (unpaired) electrons. The summed E-state index contributed by atoms with van der Waals surface area (Å²) < 4.78 is 5.68. The van der Waals surface area contributed by atoms with E-state index in [-0.39, 0.29) is 0 Å². The zero-order valence-electron chi connectivity index (χ0n) is 15.3. The second-order valence-electron chi connectivity index (χ2n) is 6.40. The summed E-state index contributed by atoms with van der Waals surface area (Å²) in [6, 6.07) is 17.2. The molecule has 1 N–H and O–H groups in total. The van der Waals surface area contributed by atoms with E-state index in [0.717, 1.165) is 50.3 Å². The van der Waals surface area contributed by atoms with Gasteiger partial charge in [-0.15, -0.1) is 0 Å². The Morgan fingerprint density at radius 2 is 1.88 bits per heavy atom.